The first-order valence-corrected chi connectivity index (χ1v) is 10.8. The summed E-state index contributed by atoms with van der Waals surface area (Å²) in [5.74, 6) is 0.341. The minimum Gasteiger partial charge on any atom is -0.492 e. The number of sulfonamides is 1. The minimum atomic E-state index is -3.63. The van der Waals surface area contributed by atoms with Crippen molar-refractivity contribution in [1.82, 2.24) is 9.62 Å². The van der Waals surface area contributed by atoms with Crippen LogP contribution in [0.15, 0.2) is 23.1 Å². The zero-order valence-electron chi connectivity index (χ0n) is 15.5. The molecule has 1 atom stereocenters. The number of rotatable bonds is 7. The topological polar surface area (TPSA) is 75.7 Å². The zero-order valence-corrected chi connectivity index (χ0v) is 17.1. The quantitative estimate of drug-likeness (QED) is 0.760. The lowest BCUT2D eigenvalue weighted by molar-refractivity contribution is -0.126. The van der Waals surface area contributed by atoms with Crippen LogP contribution in [0.4, 0.5) is 0 Å². The molecule has 6 nitrogen and oxygen atoms in total. The van der Waals surface area contributed by atoms with Gasteiger partial charge in [-0.25, -0.2) is 8.42 Å². The summed E-state index contributed by atoms with van der Waals surface area (Å²) in [7, 11) is -3.63. The number of amides is 1. The first-order valence-electron chi connectivity index (χ1n) is 9.02. The number of halogens is 1. The van der Waals surface area contributed by atoms with E-state index in [-0.39, 0.29) is 27.8 Å². The van der Waals surface area contributed by atoms with Crippen molar-refractivity contribution in [2.24, 2.45) is 5.92 Å². The second-order valence-electron chi connectivity index (χ2n) is 6.52. The summed E-state index contributed by atoms with van der Waals surface area (Å²) in [4.78, 5) is 12.4. The van der Waals surface area contributed by atoms with Crippen LogP contribution in [0.2, 0.25) is 5.02 Å². The van der Waals surface area contributed by atoms with E-state index in [1.807, 2.05) is 20.8 Å². The van der Waals surface area contributed by atoms with Gasteiger partial charge in [0.1, 0.15) is 5.75 Å². The van der Waals surface area contributed by atoms with Crippen LogP contribution in [0, 0.1) is 5.92 Å². The highest BCUT2D eigenvalue weighted by molar-refractivity contribution is 7.89. The van der Waals surface area contributed by atoms with Crippen LogP contribution in [-0.2, 0) is 14.8 Å². The van der Waals surface area contributed by atoms with E-state index in [1.165, 1.54) is 16.4 Å². The molecule has 0 spiro atoms. The van der Waals surface area contributed by atoms with E-state index < -0.39 is 10.0 Å². The van der Waals surface area contributed by atoms with Gasteiger partial charge in [-0.05, 0) is 51.3 Å². The fourth-order valence-corrected chi connectivity index (χ4v) is 4.68. The number of carbonyl (C=O) groups excluding carboxylic acids is 1. The monoisotopic (exact) mass is 402 g/mol. The molecule has 1 saturated heterocycles. The molecule has 146 valence electrons. The maximum absolute atomic E-state index is 12.8. The second-order valence-corrected chi connectivity index (χ2v) is 8.87. The van der Waals surface area contributed by atoms with E-state index in [0.717, 1.165) is 6.42 Å². The molecular formula is C18H27ClN2O4S. The van der Waals surface area contributed by atoms with Gasteiger partial charge in [0.2, 0.25) is 15.9 Å². The predicted molar refractivity (Wildman–Crippen MR) is 102 cm³/mol. The van der Waals surface area contributed by atoms with Gasteiger partial charge in [0.15, 0.2) is 0 Å². The molecule has 1 aromatic carbocycles. The Morgan fingerprint density at radius 2 is 2.00 bits per heavy atom. The fraction of sp³-hybridized carbons (Fsp3) is 0.611. The van der Waals surface area contributed by atoms with Crippen LogP contribution < -0.4 is 10.1 Å². The Balaban J connectivity index is 2.03. The van der Waals surface area contributed by atoms with Crippen molar-refractivity contribution in [1.29, 1.82) is 0 Å². The zero-order chi connectivity index (χ0) is 19.3. The first-order chi connectivity index (χ1) is 12.3. The molecule has 26 heavy (non-hydrogen) atoms. The summed E-state index contributed by atoms with van der Waals surface area (Å²) in [5.41, 5.74) is 0. The van der Waals surface area contributed by atoms with Crippen LogP contribution in [0.25, 0.3) is 0 Å². The lowest BCUT2D eigenvalue weighted by Crippen LogP contribution is -2.44. The van der Waals surface area contributed by atoms with Crippen molar-refractivity contribution in [3.8, 4) is 5.75 Å². The van der Waals surface area contributed by atoms with Crippen molar-refractivity contribution in [2.45, 2.75) is 51.0 Å². The van der Waals surface area contributed by atoms with Crippen molar-refractivity contribution < 1.29 is 17.9 Å². The molecule has 1 amide bonds. The largest absolute Gasteiger partial charge is 0.492 e. The van der Waals surface area contributed by atoms with Crippen LogP contribution in [-0.4, -0.2) is 44.4 Å². The van der Waals surface area contributed by atoms with Crippen LogP contribution >= 0.6 is 11.6 Å². The third kappa shape index (κ3) is 4.90. The highest BCUT2D eigenvalue weighted by atomic mass is 35.5. The van der Waals surface area contributed by atoms with Crippen LogP contribution in [0.5, 0.6) is 5.75 Å². The third-order valence-corrected chi connectivity index (χ3v) is 6.86. The standard InChI is InChI=1S/C18H27ClN2O4S/c1-4-13(3)20-18(22)14-8-10-21(11-9-14)26(23,24)15-6-7-17(25-5-2)16(19)12-15/h6-7,12-14H,4-5,8-11H2,1-3H3,(H,20,22)/t13-/m0/s1. The van der Waals surface area contributed by atoms with Gasteiger partial charge < -0.3 is 10.1 Å². The van der Waals surface area contributed by atoms with Crippen LogP contribution in [0.3, 0.4) is 0 Å². The molecule has 1 N–H and O–H groups in total. The van der Waals surface area contributed by atoms with E-state index in [9.17, 15) is 13.2 Å². The third-order valence-electron chi connectivity index (χ3n) is 4.67. The summed E-state index contributed by atoms with van der Waals surface area (Å²) < 4.78 is 32.4. The van der Waals surface area contributed by atoms with E-state index in [2.05, 4.69) is 5.32 Å². The molecule has 8 heteroatoms. The van der Waals surface area contributed by atoms with E-state index in [0.29, 0.717) is 38.3 Å². The summed E-state index contributed by atoms with van der Waals surface area (Å²) in [6.45, 7) is 6.92. The average Bonchev–Trinajstić information content (AvgIpc) is 2.63. The molecule has 0 bridgehead atoms. The lowest BCUT2D eigenvalue weighted by Gasteiger charge is -2.31. The normalized spacial score (nSPS) is 17.7. The van der Waals surface area contributed by atoms with Gasteiger partial charge in [0, 0.05) is 25.0 Å². The van der Waals surface area contributed by atoms with Gasteiger partial charge in [0.05, 0.1) is 16.5 Å². The van der Waals surface area contributed by atoms with Crippen molar-refractivity contribution >= 4 is 27.5 Å². The van der Waals surface area contributed by atoms with Crippen molar-refractivity contribution in [2.75, 3.05) is 19.7 Å². The number of nitrogens with one attached hydrogen (secondary N) is 1. The number of carbonyl (C=O) groups is 1. The maximum Gasteiger partial charge on any atom is 0.243 e. The van der Waals surface area contributed by atoms with Gasteiger partial charge in [-0.3, -0.25) is 4.79 Å². The summed E-state index contributed by atoms with van der Waals surface area (Å²) in [6.07, 6.45) is 1.91. The minimum absolute atomic E-state index is 0.0144. The highest BCUT2D eigenvalue weighted by Crippen LogP contribution is 2.30. The first kappa shape index (κ1) is 21.0. The molecule has 0 saturated carbocycles. The number of ether oxygens (including phenoxy) is 1. The predicted octanol–water partition coefficient (Wildman–Crippen LogP) is 3.05. The van der Waals surface area contributed by atoms with E-state index >= 15 is 0 Å². The molecule has 2 rings (SSSR count). The number of benzene rings is 1. The Morgan fingerprint density at radius 3 is 2.54 bits per heavy atom. The average molecular weight is 403 g/mol. The molecule has 1 fully saturated rings. The van der Waals surface area contributed by atoms with Gasteiger partial charge in [-0.1, -0.05) is 18.5 Å². The van der Waals surface area contributed by atoms with E-state index in [4.69, 9.17) is 16.3 Å². The number of hydrogen-bond donors (Lipinski definition) is 1. The van der Waals surface area contributed by atoms with Gasteiger partial charge in [-0.2, -0.15) is 4.31 Å². The Morgan fingerprint density at radius 1 is 1.35 bits per heavy atom. The molecule has 0 aliphatic carbocycles. The summed E-state index contributed by atoms with van der Waals surface area (Å²) >= 11 is 6.12. The molecule has 0 aromatic heterocycles. The Hall–Kier alpha value is -1.31. The van der Waals surface area contributed by atoms with Gasteiger partial charge in [-0.15, -0.1) is 0 Å². The van der Waals surface area contributed by atoms with Crippen molar-refractivity contribution in [3.05, 3.63) is 23.2 Å². The summed E-state index contributed by atoms with van der Waals surface area (Å²) in [6, 6.07) is 4.64. The van der Waals surface area contributed by atoms with Gasteiger partial charge in [0.25, 0.3) is 0 Å². The maximum atomic E-state index is 12.8. The van der Waals surface area contributed by atoms with Crippen molar-refractivity contribution in [3.63, 3.8) is 0 Å². The van der Waals surface area contributed by atoms with E-state index in [1.54, 1.807) is 6.07 Å². The number of hydrogen-bond acceptors (Lipinski definition) is 4. The Kier molecular flexibility index (Phi) is 7.32. The molecule has 0 radical (unpaired) electrons. The Labute approximate surface area is 160 Å². The smallest absolute Gasteiger partial charge is 0.243 e. The van der Waals surface area contributed by atoms with Gasteiger partial charge >= 0.3 is 0 Å². The number of nitrogens with zero attached hydrogens (tertiary/aromatic N) is 1. The molecule has 1 heterocycles. The molecule has 1 aromatic rings. The Bertz CT molecular complexity index is 731. The molecule has 1 aliphatic heterocycles. The van der Waals surface area contributed by atoms with Crippen LogP contribution in [0.1, 0.15) is 40.0 Å². The SMILES string of the molecule is CCOc1ccc(S(=O)(=O)N2CCC(C(=O)N[C@@H](C)CC)CC2)cc1Cl. The number of piperidine rings is 1. The second kappa shape index (κ2) is 9.06. The molecule has 1 aliphatic rings. The highest BCUT2D eigenvalue weighted by Gasteiger charge is 2.32. The summed E-state index contributed by atoms with van der Waals surface area (Å²) in [5, 5.41) is 3.25. The lowest BCUT2D eigenvalue weighted by atomic mass is 9.97. The molecular weight excluding hydrogens is 376 g/mol. The molecule has 0 unspecified atom stereocenters. The fourth-order valence-electron chi connectivity index (χ4n) is 2.88.